The number of carbonyl (C=O) groups excluding carboxylic acids is 2. The Hall–Kier alpha value is -3.14. The van der Waals surface area contributed by atoms with Gasteiger partial charge in [0.15, 0.2) is 0 Å². The van der Waals surface area contributed by atoms with Gasteiger partial charge in [0.25, 0.3) is 11.8 Å². The van der Waals surface area contributed by atoms with Gasteiger partial charge in [-0.2, -0.15) is 0 Å². The molecule has 1 aliphatic rings. The smallest absolute Gasteiger partial charge is 0.267 e. The molecule has 1 fully saturated rings. The fourth-order valence-corrected chi connectivity index (χ4v) is 2.16. The van der Waals surface area contributed by atoms with Gasteiger partial charge in [-0.05, 0) is 23.8 Å². The predicted molar refractivity (Wildman–Crippen MR) is 85.6 cm³/mol. The minimum Gasteiger partial charge on any atom is -0.267 e. The molecule has 108 valence electrons. The number of hydrogen-bond donors (Lipinski definition) is 1. The topological polar surface area (TPSA) is 49.4 Å². The summed E-state index contributed by atoms with van der Waals surface area (Å²) in [6.45, 7) is 0. The van der Waals surface area contributed by atoms with E-state index < -0.39 is 5.91 Å². The van der Waals surface area contributed by atoms with Gasteiger partial charge < -0.3 is 0 Å². The van der Waals surface area contributed by atoms with Crippen LogP contribution >= 0.6 is 0 Å². The number of hydrazine groups is 1. The van der Waals surface area contributed by atoms with Gasteiger partial charge >= 0.3 is 0 Å². The molecule has 2 amide bonds. The van der Waals surface area contributed by atoms with E-state index in [1.165, 1.54) is 11.1 Å². The van der Waals surface area contributed by atoms with Gasteiger partial charge in [-0.15, -0.1) is 0 Å². The van der Waals surface area contributed by atoms with E-state index >= 15 is 0 Å². The van der Waals surface area contributed by atoms with E-state index in [0.29, 0.717) is 5.69 Å². The Bertz CT molecular complexity index is 749. The van der Waals surface area contributed by atoms with Crippen molar-refractivity contribution in [3.05, 3.63) is 84.0 Å². The van der Waals surface area contributed by atoms with Crippen LogP contribution in [-0.4, -0.2) is 11.8 Å². The van der Waals surface area contributed by atoms with Crippen LogP contribution in [0.25, 0.3) is 6.08 Å². The quantitative estimate of drug-likeness (QED) is 0.698. The molecular weight excluding hydrogens is 276 g/mol. The van der Waals surface area contributed by atoms with Crippen molar-refractivity contribution in [2.24, 2.45) is 0 Å². The van der Waals surface area contributed by atoms with E-state index in [1.807, 2.05) is 54.6 Å². The average Bonchev–Trinajstić information content (AvgIpc) is 2.85. The molecule has 4 heteroatoms. The molecular formula is C18H14N2O2. The first-order valence-electron chi connectivity index (χ1n) is 6.89. The van der Waals surface area contributed by atoms with Crippen molar-refractivity contribution in [3.63, 3.8) is 0 Å². The van der Waals surface area contributed by atoms with Gasteiger partial charge in [0.05, 0.1) is 5.69 Å². The van der Waals surface area contributed by atoms with E-state index in [4.69, 9.17) is 0 Å². The zero-order valence-electron chi connectivity index (χ0n) is 11.8. The Balaban J connectivity index is 1.80. The van der Waals surface area contributed by atoms with E-state index in [0.717, 1.165) is 5.56 Å². The third-order valence-corrected chi connectivity index (χ3v) is 3.26. The molecule has 4 nitrogen and oxygen atoms in total. The molecule has 0 bridgehead atoms. The Morgan fingerprint density at radius 3 is 2.18 bits per heavy atom. The SMILES string of the molecule is O=C1NN(c2ccccc2)C(=O)/C1=C\C=C\c1ccccc1. The molecule has 0 saturated carbocycles. The summed E-state index contributed by atoms with van der Waals surface area (Å²) >= 11 is 0. The second-order valence-electron chi connectivity index (χ2n) is 4.77. The summed E-state index contributed by atoms with van der Waals surface area (Å²) in [4.78, 5) is 24.2. The number of nitrogens with one attached hydrogen (secondary N) is 1. The molecule has 3 rings (SSSR count). The van der Waals surface area contributed by atoms with Crippen LogP contribution < -0.4 is 10.4 Å². The van der Waals surface area contributed by atoms with Crippen molar-refractivity contribution in [1.82, 2.24) is 5.43 Å². The number of hydrogen-bond acceptors (Lipinski definition) is 2. The molecule has 0 aromatic heterocycles. The highest BCUT2D eigenvalue weighted by molar-refractivity contribution is 6.29. The molecule has 2 aromatic carbocycles. The maximum absolute atomic E-state index is 12.3. The number of rotatable bonds is 3. The van der Waals surface area contributed by atoms with Crippen molar-refractivity contribution in [2.45, 2.75) is 0 Å². The highest BCUT2D eigenvalue weighted by atomic mass is 16.2. The average molecular weight is 290 g/mol. The Morgan fingerprint density at radius 2 is 1.50 bits per heavy atom. The zero-order chi connectivity index (χ0) is 15.4. The molecule has 1 aliphatic heterocycles. The van der Waals surface area contributed by atoms with Gasteiger partial charge in [-0.25, -0.2) is 5.01 Å². The first-order valence-corrected chi connectivity index (χ1v) is 6.89. The lowest BCUT2D eigenvalue weighted by atomic mass is 10.2. The van der Waals surface area contributed by atoms with Crippen LogP contribution in [0.5, 0.6) is 0 Å². The Kier molecular flexibility index (Phi) is 3.83. The molecule has 0 unspecified atom stereocenters. The van der Waals surface area contributed by atoms with Crippen molar-refractivity contribution in [2.75, 3.05) is 5.01 Å². The first kappa shape index (κ1) is 13.8. The predicted octanol–water partition coefficient (Wildman–Crippen LogP) is 2.70. The van der Waals surface area contributed by atoms with Gasteiger partial charge in [-0.1, -0.05) is 60.7 Å². The zero-order valence-corrected chi connectivity index (χ0v) is 11.8. The number of anilines is 1. The molecule has 2 aromatic rings. The van der Waals surface area contributed by atoms with Gasteiger partial charge in [-0.3, -0.25) is 15.0 Å². The minimum atomic E-state index is -0.397. The second kappa shape index (κ2) is 6.10. The largest absolute Gasteiger partial charge is 0.282 e. The summed E-state index contributed by atoms with van der Waals surface area (Å²) in [7, 11) is 0. The fraction of sp³-hybridized carbons (Fsp3) is 0. The highest BCUT2D eigenvalue weighted by Crippen LogP contribution is 2.19. The number of benzene rings is 2. The summed E-state index contributed by atoms with van der Waals surface area (Å²) in [6.07, 6.45) is 5.09. The molecule has 1 saturated heterocycles. The number of amides is 2. The van der Waals surface area contributed by atoms with Crippen LogP contribution in [0.1, 0.15) is 5.56 Å². The molecule has 0 atom stereocenters. The summed E-state index contributed by atoms with van der Waals surface area (Å²) in [6, 6.07) is 18.7. The summed E-state index contributed by atoms with van der Waals surface area (Å²) in [5.74, 6) is -0.750. The van der Waals surface area contributed by atoms with Crippen molar-refractivity contribution >= 4 is 23.6 Å². The van der Waals surface area contributed by atoms with E-state index in [1.54, 1.807) is 18.2 Å². The molecule has 1 N–H and O–H groups in total. The number of para-hydroxylation sites is 1. The lowest BCUT2D eigenvalue weighted by Gasteiger charge is -2.13. The van der Waals surface area contributed by atoms with Crippen molar-refractivity contribution in [1.29, 1.82) is 0 Å². The molecule has 0 radical (unpaired) electrons. The summed E-state index contributed by atoms with van der Waals surface area (Å²) < 4.78 is 0. The first-order chi connectivity index (χ1) is 10.8. The monoisotopic (exact) mass is 290 g/mol. The standard InChI is InChI=1S/C18H14N2O2/c21-17-16(13-7-10-14-8-3-1-4-9-14)18(22)20(19-17)15-11-5-2-6-12-15/h1-13H,(H,19,21)/b10-7+,16-13-. The molecule has 0 aliphatic carbocycles. The van der Waals surface area contributed by atoms with Crippen LogP contribution in [0.3, 0.4) is 0 Å². The maximum Gasteiger partial charge on any atom is 0.282 e. The van der Waals surface area contributed by atoms with Gasteiger partial charge in [0, 0.05) is 0 Å². The van der Waals surface area contributed by atoms with E-state index in [2.05, 4.69) is 5.43 Å². The number of carbonyl (C=O) groups is 2. The van der Waals surface area contributed by atoms with Gasteiger partial charge in [0.2, 0.25) is 0 Å². The Labute approximate surface area is 128 Å². The highest BCUT2D eigenvalue weighted by Gasteiger charge is 2.33. The number of allylic oxidation sites excluding steroid dienone is 2. The summed E-state index contributed by atoms with van der Waals surface area (Å²) in [5.41, 5.74) is 4.32. The van der Waals surface area contributed by atoms with Crippen LogP contribution in [-0.2, 0) is 9.59 Å². The molecule has 1 heterocycles. The Morgan fingerprint density at radius 1 is 0.864 bits per heavy atom. The lowest BCUT2D eigenvalue weighted by Crippen LogP contribution is -2.35. The van der Waals surface area contributed by atoms with Crippen molar-refractivity contribution < 1.29 is 9.59 Å². The summed E-state index contributed by atoms with van der Waals surface area (Å²) in [5, 5.41) is 1.25. The van der Waals surface area contributed by atoms with E-state index in [9.17, 15) is 9.59 Å². The lowest BCUT2D eigenvalue weighted by molar-refractivity contribution is -0.117. The molecule has 22 heavy (non-hydrogen) atoms. The third kappa shape index (κ3) is 2.81. The van der Waals surface area contributed by atoms with Crippen LogP contribution in [0.4, 0.5) is 5.69 Å². The van der Waals surface area contributed by atoms with Crippen LogP contribution in [0, 0.1) is 0 Å². The minimum absolute atomic E-state index is 0.121. The van der Waals surface area contributed by atoms with E-state index in [-0.39, 0.29) is 11.5 Å². The normalized spacial score (nSPS) is 16.5. The fourth-order valence-electron chi connectivity index (χ4n) is 2.16. The van der Waals surface area contributed by atoms with Crippen molar-refractivity contribution in [3.8, 4) is 0 Å². The van der Waals surface area contributed by atoms with Crippen LogP contribution in [0.2, 0.25) is 0 Å². The van der Waals surface area contributed by atoms with Gasteiger partial charge in [0.1, 0.15) is 5.57 Å². The molecule has 0 spiro atoms. The maximum atomic E-state index is 12.3. The number of nitrogens with zero attached hydrogens (tertiary/aromatic N) is 1. The van der Waals surface area contributed by atoms with Crippen LogP contribution in [0.15, 0.2) is 78.4 Å². The third-order valence-electron chi connectivity index (χ3n) is 3.26. The second-order valence-corrected chi connectivity index (χ2v) is 4.77.